The third-order valence-electron chi connectivity index (χ3n) is 0.766. The highest BCUT2D eigenvalue weighted by Gasteiger charge is 1.90. The largest absolute Gasteiger partial charge is 0.357 e. The summed E-state index contributed by atoms with van der Waals surface area (Å²) in [5.41, 5.74) is 0. The Morgan fingerprint density at radius 1 is 1.56 bits per heavy atom. The van der Waals surface area contributed by atoms with Crippen LogP contribution in [0.3, 0.4) is 0 Å². The predicted octanol–water partition coefficient (Wildman–Crippen LogP) is 0.518. The Balaban J connectivity index is 2.94. The van der Waals surface area contributed by atoms with E-state index in [0.717, 1.165) is 0 Å². The Morgan fingerprint density at radius 3 is 2.78 bits per heavy atom. The van der Waals surface area contributed by atoms with Gasteiger partial charge in [0.25, 0.3) is 0 Å². The van der Waals surface area contributed by atoms with Gasteiger partial charge in [-0.2, -0.15) is 4.98 Å². The number of nitrogens with zero attached hydrogens (tertiary/aromatic N) is 3. The van der Waals surface area contributed by atoms with Crippen LogP contribution < -0.4 is 5.32 Å². The van der Waals surface area contributed by atoms with Gasteiger partial charge >= 0.3 is 0 Å². The summed E-state index contributed by atoms with van der Waals surface area (Å²) in [6, 6.07) is 0. The molecule has 0 fully saturated rings. The molecule has 0 aromatic carbocycles. The molecular weight excluding hydrogens is 231 g/mol. The van der Waals surface area contributed by atoms with E-state index in [1.54, 1.807) is 7.05 Å². The highest BCUT2D eigenvalue weighted by atomic mass is 127. The van der Waals surface area contributed by atoms with Gasteiger partial charge < -0.3 is 5.32 Å². The summed E-state index contributed by atoms with van der Waals surface area (Å²) >= 11 is 2.03. The van der Waals surface area contributed by atoms with Gasteiger partial charge in [0, 0.05) is 29.6 Å². The Morgan fingerprint density at radius 2 is 2.33 bits per heavy atom. The van der Waals surface area contributed by atoms with Gasteiger partial charge in [-0.05, 0) is 0 Å². The van der Waals surface area contributed by atoms with E-state index in [9.17, 15) is 0 Å². The highest BCUT2D eigenvalue weighted by Crippen LogP contribution is 1.96. The zero-order chi connectivity index (χ0) is 6.69. The Hall–Kier alpha value is -0.460. The van der Waals surface area contributed by atoms with E-state index in [0.29, 0.717) is 9.78 Å². The molecule has 0 saturated carbocycles. The standard InChI is InChI=1S/C4H5IN4/c1-6-4-8-2-7-3(5)9-4/h2H,1H3,(H,6,7,8,9). The Labute approximate surface area is 66.3 Å². The van der Waals surface area contributed by atoms with Gasteiger partial charge in [0.1, 0.15) is 6.33 Å². The SMILES string of the molecule is CNc1ncnc(I)n1. The van der Waals surface area contributed by atoms with E-state index < -0.39 is 0 Å². The summed E-state index contributed by atoms with van der Waals surface area (Å²) in [4.78, 5) is 11.6. The van der Waals surface area contributed by atoms with E-state index in [2.05, 4.69) is 20.3 Å². The summed E-state index contributed by atoms with van der Waals surface area (Å²) in [6.45, 7) is 0. The molecule has 0 aliphatic carbocycles. The Bertz CT molecular complexity index is 202. The normalized spacial score (nSPS) is 9.11. The molecule has 1 N–H and O–H groups in total. The third kappa shape index (κ3) is 1.74. The van der Waals surface area contributed by atoms with Crippen LogP contribution in [0.1, 0.15) is 0 Å². The third-order valence-corrected chi connectivity index (χ3v) is 1.29. The molecule has 1 rings (SSSR count). The maximum Gasteiger partial charge on any atom is 0.226 e. The predicted molar refractivity (Wildman–Crippen MR) is 42.1 cm³/mol. The second-order valence-corrected chi connectivity index (χ2v) is 2.29. The van der Waals surface area contributed by atoms with E-state index in [-0.39, 0.29) is 0 Å². The summed E-state index contributed by atoms with van der Waals surface area (Å²) in [6.07, 6.45) is 1.47. The lowest BCUT2D eigenvalue weighted by atomic mass is 10.9. The van der Waals surface area contributed by atoms with Crippen LogP contribution in [0.5, 0.6) is 0 Å². The summed E-state index contributed by atoms with van der Waals surface area (Å²) < 4.78 is 0.701. The van der Waals surface area contributed by atoms with Crippen molar-refractivity contribution in [3.05, 3.63) is 10.2 Å². The van der Waals surface area contributed by atoms with Crippen LogP contribution in [0, 0.1) is 3.83 Å². The maximum atomic E-state index is 3.94. The smallest absolute Gasteiger partial charge is 0.226 e. The van der Waals surface area contributed by atoms with Crippen LogP contribution in [-0.4, -0.2) is 22.0 Å². The van der Waals surface area contributed by atoms with Gasteiger partial charge in [-0.1, -0.05) is 0 Å². The number of anilines is 1. The minimum atomic E-state index is 0.606. The molecule has 5 heteroatoms. The minimum absolute atomic E-state index is 0.606. The maximum absolute atomic E-state index is 3.94. The van der Waals surface area contributed by atoms with Gasteiger partial charge in [-0.15, -0.1) is 0 Å². The van der Waals surface area contributed by atoms with Gasteiger partial charge in [-0.25, -0.2) is 9.97 Å². The number of hydrogen-bond acceptors (Lipinski definition) is 4. The second kappa shape index (κ2) is 2.90. The minimum Gasteiger partial charge on any atom is -0.357 e. The van der Waals surface area contributed by atoms with Crippen LogP contribution >= 0.6 is 22.6 Å². The van der Waals surface area contributed by atoms with Gasteiger partial charge in [-0.3, -0.25) is 0 Å². The highest BCUT2D eigenvalue weighted by molar-refractivity contribution is 14.1. The number of nitrogens with one attached hydrogen (secondary N) is 1. The molecule has 0 atom stereocenters. The van der Waals surface area contributed by atoms with Crippen LogP contribution in [0.4, 0.5) is 5.95 Å². The van der Waals surface area contributed by atoms with Crippen LogP contribution in [0.2, 0.25) is 0 Å². The van der Waals surface area contributed by atoms with Crippen molar-refractivity contribution in [3.8, 4) is 0 Å². The molecule has 0 spiro atoms. The quantitative estimate of drug-likeness (QED) is 0.722. The molecule has 0 aliphatic rings. The van der Waals surface area contributed by atoms with Gasteiger partial charge in [0.05, 0.1) is 0 Å². The number of aromatic nitrogens is 3. The van der Waals surface area contributed by atoms with Crippen molar-refractivity contribution >= 4 is 28.5 Å². The van der Waals surface area contributed by atoms with E-state index in [1.165, 1.54) is 6.33 Å². The van der Waals surface area contributed by atoms with Crippen molar-refractivity contribution in [1.29, 1.82) is 0 Å². The van der Waals surface area contributed by atoms with Crippen molar-refractivity contribution in [3.63, 3.8) is 0 Å². The average molecular weight is 236 g/mol. The monoisotopic (exact) mass is 236 g/mol. The molecular formula is C4H5IN4. The molecule has 4 nitrogen and oxygen atoms in total. The first-order valence-corrected chi connectivity index (χ1v) is 3.43. The van der Waals surface area contributed by atoms with Crippen LogP contribution in [0.25, 0.3) is 0 Å². The van der Waals surface area contributed by atoms with Gasteiger partial charge in [0.2, 0.25) is 5.95 Å². The molecule has 0 unspecified atom stereocenters. The Kier molecular flexibility index (Phi) is 2.15. The van der Waals surface area contributed by atoms with Crippen molar-refractivity contribution in [2.24, 2.45) is 0 Å². The summed E-state index contributed by atoms with van der Waals surface area (Å²) in [5.74, 6) is 0.606. The van der Waals surface area contributed by atoms with E-state index in [4.69, 9.17) is 0 Å². The van der Waals surface area contributed by atoms with E-state index in [1.807, 2.05) is 22.6 Å². The number of hydrogen-bond donors (Lipinski definition) is 1. The zero-order valence-electron chi connectivity index (χ0n) is 4.80. The lowest BCUT2D eigenvalue weighted by Crippen LogP contribution is -1.98. The number of halogens is 1. The molecule has 1 aromatic rings. The number of rotatable bonds is 1. The van der Waals surface area contributed by atoms with Crippen LogP contribution in [-0.2, 0) is 0 Å². The molecule has 0 aliphatic heterocycles. The first kappa shape index (κ1) is 6.66. The zero-order valence-corrected chi connectivity index (χ0v) is 6.95. The average Bonchev–Trinajstić information content (AvgIpc) is 1.88. The molecule has 0 radical (unpaired) electrons. The van der Waals surface area contributed by atoms with E-state index >= 15 is 0 Å². The molecule has 48 valence electrons. The summed E-state index contributed by atoms with van der Waals surface area (Å²) in [5, 5.41) is 2.80. The second-order valence-electron chi connectivity index (χ2n) is 1.33. The molecule has 0 bridgehead atoms. The summed E-state index contributed by atoms with van der Waals surface area (Å²) in [7, 11) is 1.77. The molecule has 0 amide bonds. The van der Waals surface area contributed by atoms with Crippen molar-refractivity contribution in [1.82, 2.24) is 15.0 Å². The first-order chi connectivity index (χ1) is 4.33. The lowest BCUT2D eigenvalue weighted by Gasteiger charge is -1.93. The molecule has 1 heterocycles. The van der Waals surface area contributed by atoms with Crippen molar-refractivity contribution in [2.75, 3.05) is 12.4 Å². The fourth-order valence-electron chi connectivity index (χ4n) is 0.397. The fraction of sp³-hybridized carbons (Fsp3) is 0.250. The molecule has 1 aromatic heterocycles. The lowest BCUT2D eigenvalue weighted by molar-refractivity contribution is 1.01. The van der Waals surface area contributed by atoms with Crippen molar-refractivity contribution < 1.29 is 0 Å². The van der Waals surface area contributed by atoms with Crippen molar-refractivity contribution in [2.45, 2.75) is 0 Å². The van der Waals surface area contributed by atoms with Gasteiger partial charge in [0.15, 0.2) is 3.83 Å². The molecule has 0 saturated heterocycles. The topological polar surface area (TPSA) is 50.7 Å². The molecule has 9 heavy (non-hydrogen) atoms. The fourth-order valence-corrected chi connectivity index (χ4v) is 0.750. The van der Waals surface area contributed by atoms with Crippen LogP contribution in [0.15, 0.2) is 6.33 Å². The first-order valence-electron chi connectivity index (χ1n) is 2.35.